The molecule has 60 heavy (non-hydrogen) atoms. The molecule has 3 unspecified atom stereocenters. The van der Waals surface area contributed by atoms with Crippen LogP contribution in [0.4, 0.5) is 10.6 Å². The predicted molar refractivity (Wildman–Crippen MR) is 221 cm³/mol. The van der Waals surface area contributed by atoms with Crippen LogP contribution in [0.15, 0.2) is 120 Å². The number of likely N-dealkylation sites (N-methyl/N-ethyl adjacent to an activating group) is 1. The molecule has 4 amide bonds. The number of carbonyl (C=O) groups is 3. The smallest absolute Gasteiger partial charge is 0.438 e. The first-order valence-electron chi connectivity index (χ1n) is 20.1. The Hall–Kier alpha value is -6.68. The number of nitrogens with zero attached hydrogens (tertiary/aromatic N) is 8. The summed E-state index contributed by atoms with van der Waals surface area (Å²) in [4.78, 5) is 59.3. The highest BCUT2D eigenvalue weighted by Crippen LogP contribution is 2.35. The molecule has 0 aliphatic carbocycles. The van der Waals surface area contributed by atoms with Gasteiger partial charge >= 0.3 is 6.03 Å². The van der Waals surface area contributed by atoms with E-state index in [1.54, 1.807) is 58.4 Å². The van der Waals surface area contributed by atoms with E-state index in [0.717, 1.165) is 46.5 Å². The zero-order chi connectivity index (χ0) is 41.2. The first-order chi connectivity index (χ1) is 29.2. The van der Waals surface area contributed by atoms with Crippen LogP contribution < -0.4 is 10.2 Å². The Morgan fingerprint density at radius 3 is 2.50 bits per heavy atom. The molecule has 3 aliphatic heterocycles. The molecule has 15 heteroatoms. The maximum absolute atomic E-state index is 15.0. The highest BCUT2D eigenvalue weighted by molar-refractivity contribution is 5.91. The van der Waals surface area contributed by atoms with Gasteiger partial charge in [-0.25, -0.2) is 9.78 Å². The number of nitrogens with one attached hydrogen (secondary N) is 1. The van der Waals surface area contributed by atoms with E-state index in [-0.39, 0.29) is 67.3 Å². The highest BCUT2D eigenvalue weighted by Gasteiger charge is 2.61. The van der Waals surface area contributed by atoms with E-state index in [1.807, 2.05) is 78.9 Å². The number of aromatic hydroxyl groups is 1. The van der Waals surface area contributed by atoms with E-state index in [9.17, 15) is 19.5 Å². The number of phenolic OH excluding ortho intramolecular Hbond substituents is 1. The van der Waals surface area contributed by atoms with Crippen molar-refractivity contribution in [3.05, 3.63) is 138 Å². The van der Waals surface area contributed by atoms with Crippen molar-refractivity contribution in [3.8, 4) is 17.1 Å². The quantitative estimate of drug-likeness (QED) is 0.185. The van der Waals surface area contributed by atoms with Gasteiger partial charge in [0.2, 0.25) is 18.0 Å². The van der Waals surface area contributed by atoms with Crippen LogP contribution in [0.1, 0.15) is 22.5 Å². The number of piperazine rings is 1. The number of ether oxygens (including phenoxy) is 1. The number of quaternary nitrogens is 1. The van der Waals surface area contributed by atoms with Crippen LogP contribution in [-0.2, 0) is 40.4 Å². The summed E-state index contributed by atoms with van der Waals surface area (Å²) >= 11 is 0. The number of morpholine rings is 1. The van der Waals surface area contributed by atoms with Crippen LogP contribution in [-0.4, -0.2) is 116 Å². The van der Waals surface area contributed by atoms with Gasteiger partial charge in [0.1, 0.15) is 36.4 Å². The molecule has 6 aromatic rings. The normalized spacial score (nSPS) is 21.0. The molecule has 0 spiro atoms. The van der Waals surface area contributed by atoms with Gasteiger partial charge in [0, 0.05) is 50.2 Å². The van der Waals surface area contributed by atoms with Gasteiger partial charge in [-0.15, -0.1) is 9.60 Å². The zero-order valence-electron chi connectivity index (χ0n) is 33.3. The molecular formula is C45H46N9O6+. The van der Waals surface area contributed by atoms with Gasteiger partial charge in [0.05, 0.1) is 38.0 Å². The van der Waals surface area contributed by atoms with E-state index in [1.165, 1.54) is 0 Å². The van der Waals surface area contributed by atoms with Crippen molar-refractivity contribution in [1.82, 2.24) is 35.3 Å². The Balaban J connectivity index is 1.08. The summed E-state index contributed by atoms with van der Waals surface area (Å²) in [5.74, 6) is 0.831. The second-order valence-electron chi connectivity index (χ2n) is 15.5. The van der Waals surface area contributed by atoms with Gasteiger partial charge in [-0.2, -0.15) is 0 Å². The summed E-state index contributed by atoms with van der Waals surface area (Å²) in [5, 5.41) is 20.3. The summed E-state index contributed by atoms with van der Waals surface area (Å²) in [7, 11) is 1.79. The van der Waals surface area contributed by atoms with E-state index in [4.69, 9.17) is 14.2 Å². The Morgan fingerprint density at radius 1 is 0.883 bits per heavy atom. The SMILES string of the molecule is C[N+]1(C(=O)NCc2ccccc2)C2CN(Cc3cccc4ncccc34)C(=O)C(Cc3ccc(O)cc3)N2C(=O)CN1Cc1cc(-c2cccc(N3CCOCC3)n2)no1. The highest BCUT2D eigenvalue weighted by atomic mass is 16.5. The number of aromatic nitrogens is 3. The fourth-order valence-electron chi connectivity index (χ4n) is 8.54. The summed E-state index contributed by atoms with van der Waals surface area (Å²) in [6, 6.07) is 32.2. The number of amides is 4. The Kier molecular flexibility index (Phi) is 10.7. The Bertz CT molecular complexity index is 2510. The van der Waals surface area contributed by atoms with Crippen molar-refractivity contribution >= 4 is 34.6 Å². The number of carbonyl (C=O) groups excluding carboxylic acids is 3. The van der Waals surface area contributed by atoms with E-state index in [2.05, 4.69) is 20.4 Å². The molecular weight excluding hydrogens is 763 g/mol. The number of fused-ring (bicyclic) bond motifs is 2. The summed E-state index contributed by atoms with van der Waals surface area (Å²) in [6.07, 6.45) is 1.09. The Morgan fingerprint density at radius 2 is 1.68 bits per heavy atom. The molecule has 6 heterocycles. The lowest BCUT2D eigenvalue weighted by atomic mass is 9.97. The molecule has 3 aromatic heterocycles. The molecule has 0 radical (unpaired) electrons. The van der Waals surface area contributed by atoms with Crippen molar-refractivity contribution in [2.75, 3.05) is 51.3 Å². The lowest BCUT2D eigenvalue weighted by molar-refractivity contribution is -0.986. The number of hydrogen-bond acceptors (Lipinski definition) is 11. The largest absolute Gasteiger partial charge is 0.508 e. The van der Waals surface area contributed by atoms with Gasteiger partial charge in [-0.05, 0) is 53.1 Å². The first-order valence-corrected chi connectivity index (χ1v) is 20.1. The number of rotatable bonds is 10. The standard InChI is InChI=1S/C45H45N9O6/c1-54(45(58)47-26-32-8-3-2-4-9-32)42-29-51(27-33-10-5-12-37-36(33)11-7-19-46-37)44(57)40(24-31-15-17-34(55)18-16-31)53(42)43(56)30-52(54)28-35-25-39(49-60-35)38-13-6-14-41(48-38)50-20-22-59-23-21-50/h2-19,25,40,42H,20-24,26-30H2,1H3,(H-,47,55,58)/p+1. The van der Waals surface area contributed by atoms with Crippen LogP contribution >= 0.6 is 0 Å². The van der Waals surface area contributed by atoms with Crippen LogP contribution in [0.5, 0.6) is 5.75 Å². The fraction of sp³-hybridized carbons (Fsp3) is 0.289. The predicted octanol–water partition coefficient (Wildman–Crippen LogP) is 4.72. The average molecular weight is 809 g/mol. The number of phenols is 1. The molecule has 306 valence electrons. The van der Waals surface area contributed by atoms with Crippen molar-refractivity contribution in [2.24, 2.45) is 0 Å². The van der Waals surface area contributed by atoms with Gasteiger partial charge in [0.15, 0.2) is 5.76 Å². The molecule has 3 aromatic carbocycles. The maximum Gasteiger partial charge on any atom is 0.438 e. The Labute approximate surface area is 346 Å². The molecule has 0 bridgehead atoms. The average Bonchev–Trinajstić information content (AvgIpc) is 3.76. The van der Waals surface area contributed by atoms with Gasteiger partial charge in [-0.1, -0.05) is 71.9 Å². The van der Waals surface area contributed by atoms with E-state index < -0.39 is 12.2 Å². The molecule has 3 saturated heterocycles. The van der Waals surface area contributed by atoms with Crippen molar-refractivity contribution in [1.29, 1.82) is 0 Å². The van der Waals surface area contributed by atoms with Crippen molar-refractivity contribution in [2.45, 2.75) is 38.3 Å². The molecule has 3 atom stereocenters. The summed E-state index contributed by atoms with van der Waals surface area (Å²) in [6.45, 7) is 3.18. The van der Waals surface area contributed by atoms with Crippen molar-refractivity contribution in [3.63, 3.8) is 0 Å². The minimum Gasteiger partial charge on any atom is -0.508 e. The minimum atomic E-state index is -0.933. The fourth-order valence-corrected chi connectivity index (χ4v) is 8.54. The zero-order valence-corrected chi connectivity index (χ0v) is 33.3. The number of anilines is 1. The first kappa shape index (κ1) is 38.8. The van der Waals surface area contributed by atoms with Gasteiger partial charge < -0.3 is 24.2 Å². The summed E-state index contributed by atoms with van der Waals surface area (Å²) in [5.41, 5.74) is 4.54. The van der Waals surface area contributed by atoms with Crippen LogP contribution in [0.2, 0.25) is 0 Å². The van der Waals surface area contributed by atoms with E-state index >= 15 is 0 Å². The number of hydrogen-bond donors (Lipinski definition) is 2. The van der Waals surface area contributed by atoms with Gasteiger partial charge in [0.25, 0.3) is 0 Å². The van der Waals surface area contributed by atoms with Crippen LogP contribution in [0.25, 0.3) is 22.3 Å². The lowest BCUT2D eigenvalue weighted by Gasteiger charge is -2.56. The van der Waals surface area contributed by atoms with E-state index in [0.29, 0.717) is 30.4 Å². The second kappa shape index (κ2) is 16.5. The number of pyridine rings is 2. The third-order valence-electron chi connectivity index (χ3n) is 11.8. The minimum absolute atomic E-state index is 0.0626. The monoisotopic (exact) mass is 808 g/mol. The molecule has 9 rings (SSSR count). The van der Waals surface area contributed by atoms with Gasteiger partial charge in [-0.3, -0.25) is 24.8 Å². The maximum atomic E-state index is 15.0. The molecule has 2 N–H and O–H groups in total. The third-order valence-corrected chi connectivity index (χ3v) is 11.8. The van der Waals surface area contributed by atoms with Crippen LogP contribution in [0, 0.1) is 0 Å². The molecule has 3 fully saturated rings. The molecule has 0 saturated carbocycles. The third kappa shape index (κ3) is 7.65. The van der Waals surface area contributed by atoms with Crippen LogP contribution in [0.3, 0.4) is 0 Å². The number of urea groups is 1. The molecule has 3 aliphatic rings. The number of benzene rings is 3. The second-order valence-corrected chi connectivity index (χ2v) is 15.5. The molecule has 15 nitrogen and oxygen atoms in total. The topological polar surface area (TPSA) is 157 Å². The van der Waals surface area contributed by atoms with Crippen molar-refractivity contribution < 1.29 is 33.3 Å². The summed E-state index contributed by atoms with van der Waals surface area (Å²) < 4.78 is 11.1. The lowest BCUT2D eigenvalue weighted by Crippen LogP contribution is -2.83.